The lowest BCUT2D eigenvalue weighted by Crippen LogP contribution is -2.30. The van der Waals surface area contributed by atoms with Crippen molar-refractivity contribution in [2.75, 3.05) is 0 Å². The van der Waals surface area contributed by atoms with Crippen molar-refractivity contribution in [3.05, 3.63) is 59.8 Å². The van der Waals surface area contributed by atoms with Gasteiger partial charge in [-0.05, 0) is 31.4 Å². The molecular formula is C17H18N6O. The first-order chi connectivity index (χ1) is 11.7. The zero-order valence-corrected chi connectivity index (χ0v) is 13.4. The van der Waals surface area contributed by atoms with Crippen LogP contribution in [0.5, 0.6) is 0 Å². The average molecular weight is 322 g/mol. The van der Waals surface area contributed by atoms with Gasteiger partial charge in [-0.2, -0.15) is 10.2 Å². The number of rotatable bonds is 3. The molecule has 0 unspecified atom stereocenters. The maximum atomic E-state index is 12.4. The molecule has 122 valence electrons. The Kier molecular flexibility index (Phi) is 3.60. The van der Waals surface area contributed by atoms with Crippen LogP contribution < -0.4 is 5.32 Å². The summed E-state index contributed by atoms with van der Waals surface area (Å²) in [5.41, 5.74) is 2.77. The van der Waals surface area contributed by atoms with Crippen molar-refractivity contribution >= 4 is 5.91 Å². The highest BCUT2D eigenvalue weighted by Crippen LogP contribution is 2.30. The Labute approximate surface area is 139 Å². The maximum Gasteiger partial charge on any atom is 0.254 e. The van der Waals surface area contributed by atoms with E-state index in [1.807, 2.05) is 29.1 Å². The smallest absolute Gasteiger partial charge is 0.254 e. The van der Waals surface area contributed by atoms with Crippen LogP contribution in [0.3, 0.4) is 0 Å². The van der Waals surface area contributed by atoms with E-state index >= 15 is 0 Å². The average Bonchev–Trinajstić information content (AvgIpc) is 3.22. The normalized spacial score (nSPS) is 16.6. The van der Waals surface area contributed by atoms with E-state index in [9.17, 15) is 4.79 Å². The predicted molar refractivity (Wildman–Crippen MR) is 87.7 cm³/mol. The fourth-order valence-corrected chi connectivity index (χ4v) is 3.16. The number of aryl methyl sites for hydroxylation is 1. The van der Waals surface area contributed by atoms with Crippen molar-refractivity contribution in [3.8, 4) is 5.82 Å². The summed E-state index contributed by atoms with van der Waals surface area (Å²) in [5, 5.41) is 11.6. The fraction of sp³-hybridized carbons (Fsp3) is 0.294. The third-order valence-electron chi connectivity index (χ3n) is 4.32. The van der Waals surface area contributed by atoms with E-state index in [0.717, 1.165) is 36.3 Å². The van der Waals surface area contributed by atoms with E-state index in [-0.39, 0.29) is 11.9 Å². The molecule has 3 heterocycles. The van der Waals surface area contributed by atoms with Crippen LogP contribution >= 0.6 is 0 Å². The molecule has 1 amide bonds. The summed E-state index contributed by atoms with van der Waals surface area (Å²) in [7, 11) is 1.80. The summed E-state index contributed by atoms with van der Waals surface area (Å²) in [6.45, 7) is 0. The summed E-state index contributed by atoms with van der Waals surface area (Å²) in [4.78, 5) is 16.8. The predicted octanol–water partition coefficient (Wildman–Crippen LogP) is 1.81. The highest BCUT2D eigenvalue weighted by Gasteiger charge is 2.26. The van der Waals surface area contributed by atoms with Crippen LogP contribution in [0.15, 0.2) is 43.0 Å². The summed E-state index contributed by atoms with van der Waals surface area (Å²) < 4.78 is 3.50. The van der Waals surface area contributed by atoms with Gasteiger partial charge in [-0.15, -0.1) is 0 Å². The Morgan fingerprint density at radius 3 is 2.96 bits per heavy atom. The maximum absolute atomic E-state index is 12.4. The minimum Gasteiger partial charge on any atom is -0.345 e. The van der Waals surface area contributed by atoms with Crippen LogP contribution in [0.1, 0.15) is 40.5 Å². The highest BCUT2D eigenvalue weighted by molar-refractivity contribution is 5.94. The summed E-state index contributed by atoms with van der Waals surface area (Å²) in [6, 6.07) is 5.74. The van der Waals surface area contributed by atoms with Crippen LogP contribution in [0, 0.1) is 0 Å². The molecule has 0 fully saturated rings. The van der Waals surface area contributed by atoms with Gasteiger partial charge in [-0.1, -0.05) is 6.07 Å². The lowest BCUT2D eigenvalue weighted by atomic mass is 9.92. The number of fused-ring (bicyclic) bond motifs is 1. The van der Waals surface area contributed by atoms with Crippen LogP contribution in [0.2, 0.25) is 0 Å². The van der Waals surface area contributed by atoms with E-state index in [1.165, 1.54) is 0 Å². The fourth-order valence-electron chi connectivity index (χ4n) is 3.16. The molecule has 0 bridgehead atoms. The third kappa shape index (κ3) is 2.58. The van der Waals surface area contributed by atoms with Crippen molar-refractivity contribution in [1.82, 2.24) is 29.9 Å². The molecule has 7 nitrogen and oxygen atoms in total. The van der Waals surface area contributed by atoms with Crippen LogP contribution in [0.4, 0.5) is 0 Å². The van der Waals surface area contributed by atoms with Gasteiger partial charge in [0.1, 0.15) is 0 Å². The molecule has 1 aliphatic carbocycles. The Morgan fingerprint density at radius 2 is 2.21 bits per heavy atom. The second-order valence-electron chi connectivity index (χ2n) is 5.97. The first-order valence-electron chi connectivity index (χ1n) is 8.00. The third-order valence-corrected chi connectivity index (χ3v) is 4.32. The molecule has 24 heavy (non-hydrogen) atoms. The van der Waals surface area contributed by atoms with Gasteiger partial charge >= 0.3 is 0 Å². The molecule has 0 saturated carbocycles. The van der Waals surface area contributed by atoms with E-state index in [4.69, 9.17) is 0 Å². The molecule has 0 saturated heterocycles. The zero-order valence-electron chi connectivity index (χ0n) is 13.4. The largest absolute Gasteiger partial charge is 0.345 e. The van der Waals surface area contributed by atoms with E-state index in [1.54, 1.807) is 30.3 Å². The molecule has 7 heteroatoms. The Morgan fingerprint density at radius 1 is 1.29 bits per heavy atom. The van der Waals surface area contributed by atoms with Gasteiger partial charge < -0.3 is 5.32 Å². The van der Waals surface area contributed by atoms with Crippen LogP contribution in [-0.4, -0.2) is 30.5 Å². The monoisotopic (exact) mass is 322 g/mol. The van der Waals surface area contributed by atoms with Gasteiger partial charge in [0.15, 0.2) is 5.82 Å². The zero-order chi connectivity index (χ0) is 16.5. The van der Waals surface area contributed by atoms with Crippen molar-refractivity contribution in [2.45, 2.75) is 25.3 Å². The number of hydrogen-bond acceptors (Lipinski definition) is 4. The molecule has 3 aromatic rings. The SMILES string of the molecule is Cn1cc(C(=O)N[C@H]2CCCc3c2cnn3-c2ccccn2)cn1. The second-order valence-corrected chi connectivity index (χ2v) is 5.97. The number of amides is 1. The highest BCUT2D eigenvalue weighted by atomic mass is 16.1. The number of carbonyl (C=O) groups excluding carboxylic acids is 1. The number of nitrogens with one attached hydrogen (secondary N) is 1. The Bertz CT molecular complexity index is 866. The van der Waals surface area contributed by atoms with Gasteiger partial charge in [-0.3, -0.25) is 9.48 Å². The number of nitrogens with zero attached hydrogens (tertiary/aromatic N) is 5. The van der Waals surface area contributed by atoms with Crippen molar-refractivity contribution in [1.29, 1.82) is 0 Å². The van der Waals surface area contributed by atoms with Crippen molar-refractivity contribution in [3.63, 3.8) is 0 Å². The van der Waals surface area contributed by atoms with Crippen LogP contribution in [-0.2, 0) is 13.5 Å². The van der Waals surface area contributed by atoms with Gasteiger partial charge in [0.25, 0.3) is 5.91 Å². The van der Waals surface area contributed by atoms with Crippen molar-refractivity contribution < 1.29 is 4.79 Å². The van der Waals surface area contributed by atoms with Gasteiger partial charge in [0.05, 0.1) is 29.7 Å². The van der Waals surface area contributed by atoms with Crippen molar-refractivity contribution in [2.24, 2.45) is 7.05 Å². The minimum absolute atomic E-state index is 0.0288. The molecule has 0 spiro atoms. The van der Waals surface area contributed by atoms with Gasteiger partial charge in [0, 0.05) is 25.0 Å². The number of hydrogen-bond donors (Lipinski definition) is 1. The molecule has 1 aliphatic rings. The topological polar surface area (TPSA) is 77.6 Å². The quantitative estimate of drug-likeness (QED) is 0.798. The number of aromatic nitrogens is 5. The second kappa shape index (κ2) is 5.92. The molecule has 4 rings (SSSR count). The lowest BCUT2D eigenvalue weighted by Gasteiger charge is -2.23. The molecule has 0 aliphatic heterocycles. The van der Waals surface area contributed by atoms with E-state index in [2.05, 4.69) is 20.5 Å². The summed E-state index contributed by atoms with van der Waals surface area (Å²) >= 11 is 0. The van der Waals surface area contributed by atoms with E-state index < -0.39 is 0 Å². The summed E-state index contributed by atoms with van der Waals surface area (Å²) in [6.07, 6.45) is 9.75. The molecular weight excluding hydrogens is 304 g/mol. The van der Waals surface area contributed by atoms with Crippen LogP contribution in [0.25, 0.3) is 5.82 Å². The Hall–Kier alpha value is -2.96. The van der Waals surface area contributed by atoms with Gasteiger partial charge in [0.2, 0.25) is 0 Å². The summed E-state index contributed by atoms with van der Waals surface area (Å²) in [5.74, 6) is 0.699. The number of carbonyl (C=O) groups is 1. The van der Waals surface area contributed by atoms with Gasteiger partial charge in [-0.25, -0.2) is 9.67 Å². The molecule has 3 aromatic heterocycles. The first kappa shape index (κ1) is 14.6. The molecule has 0 radical (unpaired) electrons. The minimum atomic E-state index is -0.105. The lowest BCUT2D eigenvalue weighted by molar-refractivity contribution is 0.0932. The standard InChI is InChI=1S/C17H18N6O/c1-22-11-12(9-19-22)17(24)21-14-5-4-6-15-13(14)10-20-23(15)16-7-2-3-8-18-16/h2-3,7-11,14H,4-6H2,1H3,(H,21,24)/t14-/m0/s1. The molecule has 0 aromatic carbocycles. The molecule has 1 atom stereocenters. The number of pyridine rings is 1. The molecule has 1 N–H and O–H groups in total. The first-order valence-corrected chi connectivity index (χ1v) is 8.00. The Balaban J connectivity index is 1.61. The van der Waals surface area contributed by atoms with E-state index in [0.29, 0.717) is 5.56 Å².